The molecule has 4 rings (SSSR count). The number of amides is 1. The lowest BCUT2D eigenvalue weighted by Gasteiger charge is -2.36. The molecule has 0 saturated heterocycles. The van der Waals surface area contributed by atoms with Gasteiger partial charge in [0.15, 0.2) is 11.5 Å². The van der Waals surface area contributed by atoms with Crippen LogP contribution < -0.4 is 0 Å². The molecule has 1 aliphatic rings. The zero-order valence-electron chi connectivity index (χ0n) is 14.0. The van der Waals surface area contributed by atoms with Crippen molar-refractivity contribution in [2.24, 2.45) is 0 Å². The molecule has 6 nitrogen and oxygen atoms in total. The van der Waals surface area contributed by atoms with Gasteiger partial charge in [0.2, 0.25) is 0 Å². The number of hydrogen-bond donors (Lipinski definition) is 0. The summed E-state index contributed by atoms with van der Waals surface area (Å²) in [4.78, 5) is 14.9. The maximum atomic E-state index is 13.1. The Morgan fingerprint density at radius 3 is 2.88 bits per heavy atom. The third kappa shape index (κ3) is 2.85. The molecule has 2 aromatic heterocycles. The van der Waals surface area contributed by atoms with Crippen molar-refractivity contribution in [3.63, 3.8) is 0 Å². The quantitative estimate of drug-likeness (QED) is 0.734. The van der Waals surface area contributed by atoms with E-state index in [0.717, 1.165) is 17.8 Å². The highest BCUT2D eigenvalue weighted by Crippen LogP contribution is 2.33. The van der Waals surface area contributed by atoms with Crippen LogP contribution in [0.25, 0.3) is 0 Å². The molecule has 3 heterocycles. The molecule has 0 spiro atoms. The molecule has 0 radical (unpaired) electrons. The van der Waals surface area contributed by atoms with Gasteiger partial charge in [-0.25, -0.2) is 0 Å². The Balaban J connectivity index is 1.70. The summed E-state index contributed by atoms with van der Waals surface area (Å²) < 4.78 is 12.4. The fourth-order valence-corrected chi connectivity index (χ4v) is 3.36. The van der Waals surface area contributed by atoms with E-state index < -0.39 is 0 Å². The molecule has 25 heavy (non-hydrogen) atoms. The molecule has 0 saturated carbocycles. The van der Waals surface area contributed by atoms with Crippen molar-refractivity contribution in [2.45, 2.75) is 19.2 Å². The maximum Gasteiger partial charge on any atom is 0.276 e. The van der Waals surface area contributed by atoms with Gasteiger partial charge in [-0.2, -0.15) is 0 Å². The van der Waals surface area contributed by atoms with Gasteiger partial charge in [0.1, 0.15) is 6.61 Å². The van der Waals surface area contributed by atoms with E-state index in [1.807, 2.05) is 41.3 Å². The van der Waals surface area contributed by atoms with Crippen molar-refractivity contribution in [3.8, 4) is 0 Å². The number of fused-ring (bicyclic) bond motifs is 1. The first-order valence-corrected chi connectivity index (χ1v) is 8.23. The standard InChI is InChI=1S/C19H19N3O3/c1-24-13-15-12-16(20-25-15)19(23)22-11-10-21-9-5-8-17(21)18(22)14-6-3-2-4-7-14/h2-9,12,18H,10-11,13H2,1H3/t18-/m0/s1. The molecule has 1 amide bonds. The van der Waals surface area contributed by atoms with Crippen LogP contribution in [-0.2, 0) is 17.9 Å². The van der Waals surface area contributed by atoms with Crippen LogP contribution in [0.3, 0.4) is 0 Å². The average Bonchev–Trinajstić information content (AvgIpc) is 3.30. The first-order valence-electron chi connectivity index (χ1n) is 8.23. The van der Waals surface area contributed by atoms with E-state index in [4.69, 9.17) is 9.26 Å². The predicted molar refractivity (Wildman–Crippen MR) is 91.0 cm³/mol. The Morgan fingerprint density at radius 1 is 1.24 bits per heavy atom. The predicted octanol–water partition coefficient (Wildman–Crippen LogP) is 2.87. The molecule has 1 atom stereocenters. The molecule has 0 fully saturated rings. The Labute approximate surface area is 145 Å². The van der Waals surface area contributed by atoms with Gasteiger partial charge in [-0.3, -0.25) is 4.79 Å². The highest BCUT2D eigenvalue weighted by Gasteiger charge is 2.33. The lowest BCUT2D eigenvalue weighted by Crippen LogP contribution is -2.42. The fraction of sp³-hybridized carbons (Fsp3) is 0.263. The van der Waals surface area contributed by atoms with Crippen LogP contribution in [0.2, 0.25) is 0 Å². The average molecular weight is 337 g/mol. The smallest absolute Gasteiger partial charge is 0.276 e. The minimum absolute atomic E-state index is 0.132. The second-order valence-electron chi connectivity index (χ2n) is 6.05. The Bertz CT molecular complexity index is 869. The fourth-order valence-electron chi connectivity index (χ4n) is 3.36. The summed E-state index contributed by atoms with van der Waals surface area (Å²) in [6.07, 6.45) is 2.06. The van der Waals surface area contributed by atoms with Crippen LogP contribution in [0, 0.1) is 0 Å². The number of aromatic nitrogens is 2. The van der Waals surface area contributed by atoms with Crippen molar-refractivity contribution >= 4 is 5.91 Å². The van der Waals surface area contributed by atoms with Crippen LogP contribution in [0.1, 0.15) is 33.5 Å². The Kier molecular flexibility index (Phi) is 4.11. The van der Waals surface area contributed by atoms with Crippen molar-refractivity contribution in [1.29, 1.82) is 0 Å². The summed E-state index contributed by atoms with van der Waals surface area (Å²) in [6.45, 7) is 1.68. The van der Waals surface area contributed by atoms with Gasteiger partial charge in [-0.05, 0) is 17.7 Å². The summed E-state index contributed by atoms with van der Waals surface area (Å²) >= 11 is 0. The Hall–Kier alpha value is -2.86. The molecule has 0 N–H and O–H groups in total. The van der Waals surface area contributed by atoms with Gasteiger partial charge in [0, 0.05) is 38.2 Å². The van der Waals surface area contributed by atoms with E-state index in [1.165, 1.54) is 0 Å². The highest BCUT2D eigenvalue weighted by atomic mass is 16.5. The van der Waals surface area contributed by atoms with E-state index in [2.05, 4.69) is 22.0 Å². The van der Waals surface area contributed by atoms with E-state index in [1.54, 1.807) is 13.2 Å². The number of ether oxygens (including phenoxy) is 1. The van der Waals surface area contributed by atoms with E-state index in [-0.39, 0.29) is 11.9 Å². The second kappa shape index (κ2) is 6.57. The molecule has 3 aromatic rings. The topological polar surface area (TPSA) is 60.5 Å². The van der Waals surface area contributed by atoms with Gasteiger partial charge < -0.3 is 18.7 Å². The largest absolute Gasteiger partial charge is 0.377 e. The number of methoxy groups -OCH3 is 1. The molecule has 128 valence electrons. The molecule has 0 bridgehead atoms. The SMILES string of the molecule is COCc1cc(C(=O)N2CCn3cccc3[C@@H]2c2ccccc2)no1. The first-order chi connectivity index (χ1) is 12.3. The van der Waals surface area contributed by atoms with Crippen LogP contribution in [0.5, 0.6) is 0 Å². The lowest BCUT2D eigenvalue weighted by molar-refractivity contribution is 0.0653. The number of hydrogen-bond acceptors (Lipinski definition) is 4. The Morgan fingerprint density at radius 2 is 2.08 bits per heavy atom. The van der Waals surface area contributed by atoms with Gasteiger partial charge >= 0.3 is 0 Å². The van der Waals surface area contributed by atoms with E-state index >= 15 is 0 Å². The second-order valence-corrected chi connectivity index (χ2v) is 6.05. The minimum Gasteiger partial charge on any atom is -0.377 e. The third-order valence-corrected chi connectivity index (χ3v) is 4.48. The van der Waals surface area contributed by atoms with Crippen molar-refractivity contribution in [3.05, 3.63) is 77.4 Å². The molecule has 0 unspecified atom stereocenters. The van der Waals surface area contributed by atoms with Crippen LogP contribution in [0.4, 0.5) is 0 Å². The highest BCUT2D eigenvalue weighted by molar-refractivity contribution is 5.93. The van der Waals surface area contributed by atoms with Crippen LogP contribution in [-0.4, -0.2) is 34.2 Å². The van der Waals surface area contributed by atoms with Crippen molar-refractivity contribution < 1.29 is 14.1 Å². The lowest BCUT2D eigenvalue weighted by atomic mass is 9.99. The monoisotopic (exact) mass is 337 g/mol. The molecule has 1 aromatic carbocycles. The summed E-state index contributed by atoms with van der Waals surface area (Å²) in [5, 5.41) is 3.93. The van der Waals surface area contributed by atoms with Gasteiger partial charge in [0.25, 0.3) is 5.91 Å². The first kappa shape index (κ1) is 15.7. The van der Waals surface area contributed by atoms with Gasteiger partial charge in [-0.15, -0.1) is 0 Å². The molecule has 0 aliphatic carbocycles. The number of benzene rings is 1. The number of carbonyl (C=O) groups is 1. The van der Waals surface area contributed by atoms with Gasteiger partial charge in [-0.1, -0.05) is 35.5 Å². The van der Waals surface area contributed by atoms with E-state index in [0.29, 0.717) is 24.6 Å². The van der Waals surface area contributed by atoms with Crippen molar-refractivity contribution in [1.82, 2.24) is 14.6 Å². The van der Waals surface area contributed by atoms with Crippen molar-refractivity contribution in [2.75, 3.05) is 13.7 Å². The van der Waals surface area contributed by atoms with E-state index in [9.17, 15) is 4.79 Å². The summed E-state index contributed by atoms with van der Waals surface area (Å²) in [5.74, 6) is 0.412. The molecule has 6 heteroatoms. The zero-order valence-corrected chi connectivity index (χ0v) is 14.0. The summed E-state index contributed by atoms with van der Waals surface area (Å²) in [5.41, 5.74) is 2.50. The normalized spacial score (nSPS) is 16.7. The molecule has 1 aliphatic heterocycles. The number of rotatable bonds is 4. The third-order valence-electron chi connectivity index (χ3n) is 4.48. The van der Waals surface area contributed by atoms with Crippen LogP contribution >= 0.6 is 0 Å². The maximum absolute atomic E-state index is 13.1. The number of carbonyl (C=O) groups excluding carboxylic acids is 1. The summed E-state index contributed by atoms with van der Waals surface area (Å²) in [7, 11) is 1.58. The summed E-state index contributed by atoms with van der Waals surface area (Å²) in [6, 6.07) is 15.7. The molecular weight excluding hydrogens is 318 g/mol. The van der Waals surface area contributed by atoms with Gasteiger partial charge in [0.05, 0.1) is 6.04 Å². The van der Waals surface area contributed by atoms with Crippen LogP contribution in [0.15, 0.2) is 59.3 Å². The number of nitrogens with zero attached hydrogens (tertiary/aromatic N) is 3. The minimum atomic E-state index is -0.139. The zero-order chi connectivity index (χ0) is 17.2. The molecular formula is C19H19N3O3.